The Balaban J connectivity index is 3.07. The lowest BCUT2D eigenvalue weighted by molar-refractivity contribution is 0.482. The van der Waals surface area contributed by atoms with Crippen molar-refractivity contribution in [1.82, 2.24) is 0 Å². The van der Waals surface area contributed by atoms with Crippen LogP contribution >= 0.6 is 0 Å². The van der Waals surface area contributed by atoms with Gasteiger partial charge in [-0.15, -0.1) is 0 Å². The summed E-state index contributed by atoms with van der Waals surface area (Å²) in [5.41, 5.74) is 2.92. The van der Waals surface area contributed by atoms with Crippen LogP contribution in [0.5, 0.6) is 0 Å². The third kappa shape index (κ3) is 2.15. The van der Waals surface area contributed by atoms with Crippen molar-refractivity contribution in [2.24, 2.45) is 4.99 Å². The molecule has 2 aromatic carbocycles. The van der Waals surface area contributed by atoms with Crippen molar-refractivity contribution in [3.63, 3.8) is 0 Å². The average molecular weight is 277 g/mol. The minimum absolute atomic E-state index is 0.0759. The minimum Gasteiger partial charge on any atom is -0.282 e. The Hall–Kier alpha value is -1.72. The predicted molar refractivity (Wildman–Crippen MR) is 77.2 cm³/mol. The Morgan fingerprint density at radius 3 is 2.26 bits per heavy atom. The average Bonchev–Trinajstić information content (AvgIpc) is 2.32. The second-order valence-electron chi connectivity index (χ2n) is 4.58. The molecule has 2 aromatic rings. The molecule has 0 aliphatic heterocycles. The SMILES string of the molecule is C=Nc1c(C)ccc2c(C)c(C)c(S(=O)(=O)O)cc12. The van der Waals surface area contributed by atoms with Gasteiger partial charge >= 0.3 is 0 Å². The highest BCUT2D eigenvalue weighted by molar-refractivity contribution is 7.85. The van der Waals surface area contributed by atoms with Crippen LogP contribution < -0.4 is 0 Å². The summed E-state index contributed by atoms with van der Waals surface area (Å²) in [7, 11) is -4.25. The van der Waals surface area contributed by atoms with Crippen molar-refractivity contribution in [3.05, 3.63) is 34.9 Å². The molecule has 19 heavy (non-hydrogen) atoms. The number of fused-ring (bicyclic) bond motifs is 1. The molecule has 0 aliphatic rings. The number of hydrogen-bond donors (Lipinski definition) is 1. The molecule has 5 heteroatoms. The van der Waals surface area contributed by atoms with Gasteiger partial charge in [0.25, 0.3) is 10.1 Å². The van der Waals surface area contributed by atoms with Crippen LogP contribution in [-0.4, -0.2) is 19.7 Å². The van der Waals surface area contributed by atoms with Gasteiger partial charge in [0.2, 0.25) is 0 Å². The lowest BCUT2D eigenvalue weighted by atomic mass is 9.97. The number of nitrogens with zero attached hydrogens (tertiary/aromatic N) is 1. The largest absolute Gasteiger partial charge is 0.294 e. The van der Waals surface area contributed by atoms with E-state index in [4.69, 9.17) is 0 Å². The first-order valence-electron chi connectivity index (χ1n) is 5.75. The number of hydrogen-bond acceptors (Lipinski definition) is 3. The van der Waals surface area contributed by atoms with Crippen LogP contribution in [0, 0.1) is 20.8 Å². The third-order valence-electron chi connectivity index (χ3n) is 3.47. The third-order valence-corrected chi connectivity index (χ3v) is 4.45. The molecule has 100 valence electrons. The van der Waals surface area contributed by atoms with Crippen LogP contribution in [0.25, 0.3) is 10.8 Å². The molecule has 2 rings (SSSR count). The first kappa shape index (κ1) is 13.7. The van der Waals surface area contributed by atoms with Gasteiger partial charge in [-0.25, -0.2) is 0 Å². The van der Waals surface area contributed by atoms with E-state index in [1.54, 1.807) is 6.92 Å². The Morgan fingerprint density at radius 2 is 1.74 bits per heavy atom. The molecular formula is C14H15NO3S. The summed E-state index contributed by atoms with van der Waals surface area (Å²) in [5.74, 6) is 0. The molecular weight excluding hydrogens is 262 g/mol. The minimum atomic E-state index is -4.25. The Bertz CT molecular complexity index is 792. The van der Waals surface area contributed by atoms with Gasteiger partial charge in [0.05, 0.1) is 10.6 Å². The summed E-state index contributed by atoms with van der Waals surface area (Å²) < 4.78 is 32.2. The van der Waals surface area contributed by atoms with E-state index in [0.29, 0.717) is 16.6 Å². The van der Waals surface area contributed by atoms with Crippen molar-refractivity contribution in [1.29, 1.82) is 0 Å². The van der Waals surface area contributed by atoms with E-state index in [2.05, 4.69) is 11.7 Å². The Kier molecular flexibility index (Phi) is 3.20. The highest BCUT2D eigenvalue weighted by Gasteiger charge is 2.18. The zero-order chi connectivity index (χ0) is 14.4. The molecule has 0 radical (unpaired) electrons. The van der Waals surface area contributed by atoms with E-state index in [1.165, 1.54) is 6.07 Å². The summed E-state index contributed by atoms with van der Waals surface area (Å²) in [6.07, 6.45) is 0. The van der Waals surface area contributed by atoms with Crippen molar-refractivity contribution in [2.75, 3.05) is 0 Å². The zero-order valence-electron chi connectivity index (χ0n) is 11.1. The van der Waals surface area contributed by atoms with Gasteiger partial charge in [-0.3, -0.25) is 9.55 Å². The van der Waals surface area contributed by atoms with E-state index < -0.39 is 10.1 Å². The van der Waals surface area contributed by atoms with Crippen LogP contribution in [-0.2, 0) is 10.1 Å². The van der Waals surface area contributed by atoms with Gasteiger partial charge in [0.1, 0.15) is 0 Å². The van der Waals surface area contributed by atoms with Gasteiger partial charge < -0.3 is 0 Å². The molecule has 0 heterocycles. The smallest absolute Gasteiger partial charge is 0.282 e. The fraction of sp³-hybridized carbons (Fsp3) is 0.214. The normalized spacial score (nSPS) is 11.8. The second-order valence-corrected chi connectivity index (χ2v) is 5.97. The highest BCUT2D eigenvalue weighted by atomic mass is 32.2. The topological polar surface area (TPSA) is 66.7 Å². The fourth-order valence-corrected chi connectivity index (χ4v) is 3.10. The van der Waals surface area contributed by atoms with Crippen LogP contribution in [0.4, 0.5) is 5.69 Å². The van der Waals surface area contributed by atoms with E-state index >= 15 is 0 Å². The van der Waals surface area contributed by atoms with Crippen LogP contribution in [0.2, 0.25) is 0 Å². The number of rotatable bonds is 2. The van der Waals surface area contributed by atoms with Crippen LogP contribution in [0.1, 0.15) is 16.7 Å². The quantitative estimate of drug-likeness (QED) is 0.676. The molecule has 0 spiro atoms. The number of aliphatic imine (C=N–C) groups is 1. The Morgan fingerprint density at radius 1 is 1.11 bits per heavy atom. The summed E-state index contributed by atoms with van der Waals surface area (Å²) in [6.45, 7) is 8.91. The summed E-state index contributed by atoms with van der Waals surface area (Å²) in [4.78, 5) is 3.89. The molecule has 1 N–H and O–H groups in total. The van der Waals surface area contributed by atoms with E-state index in [-0.39, 0.29) is 4.90 Å². The van der Waals surface area contributed by atoms with E-state index in [0.717, 1.165) is 16.5 Å². The fourth-order valence-electron chi connectivity index (χ4n) is 2.29. The molecule has 4 nitrogen and oxygen atoms in total. The van der Waals surface area contributed by atoms with Crippen molar-refractivity contribution in [3.8, 4) is 0 Å². The molecule has 0 unspecified atom stereocenters. The molecule has 0 atom stereocenters. The molecule has 0 aliphatic carbocycles. The monoisotopic (exact) mass is 277 g/mol. The maximum atomic E-state index is 11.4. The summed E-state index contributed by atoms with van der Waals surface area (Å²) in [6, 6.07) is 5.31. The molecule has 0 saturated carbocycles. The van der Waals surface area contributed by atoms with Gasteiger partial charge in [0, 0.05) is 5.39 Å². The lowest BCUT2D eigenvalue weighted by Crippen LogP contribution is -2.03. The number of benzene rings is 2. The molecule has 0 fully saturated rings. The summed E-state index contributed by atoms with van der Waals surface area (Å²) >= 11 is 0. The number of aryl methyl sites for hydroxylation is 2. The van der Waals surface area contributed by atoms with Gasteiger partial charge in [-0.2, -0.15) is 8.42 Å². The summed E-state index contributed by atoms with van der Waals surface area (Å²) in [5, 5.41) is 1.60. The first-order chi connectivity index (χ1) is 8.77. The van der Waals surface area contributed by atoms with Gasteiger partial charge in [-0.05, 0) is 55.6 Å². The Labute approximate surface area is 112 Å². The second kappa shape index (κ2) is 4.43. The standard InChI is InChI=1S/C14H15NO3S/c1-8-5-6-11-9(2)10(3)13(19(16,17)18)7-12(11)14(8)15-4/h5-7H,4H2,1-3H3,(H,16,17,18). The van der Waals surface area contributed by atoms with Gasteiger partial charge in [0.15, 0.2) is 0 Å². The highest BCUT2D eigenvalue weighted by Crippen LogP contribution is 2.35. The van der Waals surface area contributed by atoms with Crippen molar-refractivity contribution in [2.45, 2.75) is 25.7 Å². The van der Waals surface area contributed by atoms with Crippen LogP contribution in [0.3, 0.4) is 0 Å². The molecule has 0 amide bonds. The maximum absolute atomic E-state index is 11.4. The van der Waals surface area contributed by atoms with Gasteiger partial charge in [-0.1, -0.05) is 12.1 Å². The van der Waals surface area contributed by atoms with Crippen LogP contribution in [0.15, 0.2) is 28.1 Å². The van der Waals surface area contributed by atoms with Crippen molar-refractivity contribution >= 4 is 33.3 Å². The van der Waals surface area contributed by atoms with Crippen molar-refractivity contribution < 1.29 is 13.0 Å². The van der Waals surface area contributed by atoms with E-state index in [1.807, 2.05) is 26.0 Å². The molecule has 0 saturated heterocycles. The predicted octanol–water partition coefficient (Wildman–Crippen LogP) is 3.34. The first-order valence-corrected chi connectivity index (χ1v) is 7.19. The maximum Gasteiger partial charge on any atom is 0.294 e. The molecule has 0 aromatic heterocycles. The molecule has 0 bridgehead atoms. The van der Waals surface area contributed by atoms with E-state index in [9.17, 15) is 13.0 Å². The zero-order valence-corrected chi connectivity index (χ0v) is 11.9. The lowest BCUT2D eigenvalue weighted by Gasteiger charge is -2.13.